The number of unbranched alkanes of at least 4 members (excludes halogenated alkanes) is 2. The van der Waals surface area contributed by atoms with E-state index < -0.39 is 41.5 Å². The van der Waals surface area contributed by atoms with Gasteiger partial charge in [0.25, 0.3) is 0 Å². The lowest BCUT2D eigenvalue weighted by Gasteiger charge is -2.20. The molecule has 0 spiro atoms. The molecule has 1 saturated carbocycles. The van der Waals surface area contributed by atoms with E-state index in [1.54, 1.807) is 0 Å². The van der Waals surface area contributed by atoms with Crippen LogP contribution in [0.1, 0.15) is 58.3 Å². The van der Waals surface area contributed by atoms with Crippen LogP contribution in [0.5, 0.6) is 5.75 Å². The van der Waals surface area contributed by atoms with Crippen LogP contribution in [0.15, 0.2) is 12.1 Å². The molecule has 2 amide bonds. The van der Waals surface area contributed by atoms with Crippen LogP contribution >= 0.6 is 11.6 Å². The number of amides is 2. The van der Waals surface area contributed by atoms with E-state index in [-0.39, 0.29) is 22.9 Å². The molecule has 1 aliphatic heterocycles. The zero-order valence-electron chi connectivity index (χ0n) is 16.3. The fraction of sp³-hybridized carbons (Fsp3) is 0.571. The summed E-state index contributed by atoms with van der Waals surface area (Å²) < 4.78 is 20.2. The van der Waals surface area contributed by atoms with Crippen molar-refractivity contribution in [2.75, 3.05) is 4.90 Å². The number of hydrogen-bond donors (Lipinski definition) is 1. The lowest BCUT2D eigenvalue weighted by molar-refractivity contribution is -0.145. The van der Waals surface area contributed by atoms with Crippen molar-refractivity contribution < 1.29 is 28.6 Å². The van der Waals surface area contributed by atoms with Crippen molar-refractivity contribution in [2.45, 2.75) is 64.4 Å². The minimum Gasteiger partial charge on any atom is -0.479 e. The Morgan fingerprint density at radius 1 is 1.24 bits per heavy atom. The van der Waals surface area contributed by atoms with Gasteiger partial charge in [-0.15, -0.1) is 0 Å². The number of benzene rings is 1. The monoisotopic (exact) mass is 425 g/mol. The van der Waals surface area contributed by atoms with Crippen LogP contribution in [0.25, 0.3) is 0 Å². The van der Waals surface area contributed by atoms with Gasteiger partial charge in [-0.25, -0.2) is 14.1 Å². The summed E-state index contributed by atoms with van der Waals surface area (Å²) in [6.07, 6.45) is 4.53. The molecule has 1 heterocycles. The van der Waals surface area contributed by atoms with Gasteiger partial charge in [-0.05, 0) is 31.7 Å². The second-order valence-electron chi connectivity index (χ2n) is 7.68. The highest BCUT2D eigenvalue weighted by Gasteiger charge is 2.49. The van der Waals surface area contributed by atoms with Gasteiger partial charge in [0.1, 0.15) is 11.6 Å². The molecule has 3 rings (SSSR count). The number of carbonyl (C=O) groups is 3. The highest BCUT2D eigenvalue weighted by molar-refractivity contribution is 6.32. The molecule has 0 aromatic heterocycles. The number of carbonyl (C=O) groups excluding carboxylic acids is 2. The minimum atomic E-state index is -1.15. The number of fused-ring (bicyclic) bond motifs is 1. The largest absolute Gasteiger partial charge is 0.479 e. The standard InChI is InChI=1S/C21H25ClFNO5/c1-2-3-4-9-17(21(27)28)29-18-11-16(15(23)10-14(18)22)24-19(25)12-7-5-6-8-13(12)20(24)26/h10-13,17H,2-9H2,1H3,(H,27,28). The predicted molar refractivity (Wildman–Crippen MR) is 106 cm³/mol. The molecule has 1 saturated heterocycles. The fourth-order valence-electron chi connectivity index (χ4n) is 4.15. The van der Waals surface area contributed by atoms with Gasteiger partial charge in [-0.2, -0.15) is 0 Å². The van der Waals surface area contributed by atoms with E-state index in [0.29, 0.717) is 19.3 Å². The lowest BCUT2D eigenvalue weighted by atomic mass is 9.81. The lowest BCUT2D eigenvalue weighted by Crippen LogP contribution is -2.32. The third-order valence-electron chi connectivity index (χ3n) is 5.70. The first-order valence-electron chi connectivity index (χ1n) is 10.1. The van der Waals surface area contributed by atoms with Crippen molar-refractivity contribution in [1.82, 2.24) is 0 Å². The highest BCUT2D eigenvalue weighted by atomic mass is 35.5. The summed E-state index contributed by atoms with van der Waals surface area (Å²) in [6, 6.07) is 2.13. The van der Waals surface area contributed by atoms with E-state index in [1.807, 2.05) is 6.92 Å². The SMILES string of the molecule is CCCCCC(Oc1cc(N2C(=O)C3CCCCC3C2=O)c(F)cc1Cl)C(=O)O. The zero-order chi connectivity index (χ0) is 21.1. The Labute approximate surface area is 174 Å². The molecule has 1 aromatic rings. The number of rotatable bonds is 8. The summed E-state index contributed by atoms with van der Waals surface area (Å²) in [5.41, 5.74) is -0.230. The van der Waals surface area contributed by atoms with Gasteiger partial charge in [0.05, 0.1) is 22.5 Å². The molecule has 2 aliphatic rings. The molecule has 1 N–H and O–H groups in total. The van der Waals surface area contributed by atoms with Crippen LogP contribution in [0.4, 0.5) is 10.1 Å². The van der Waals surface area contributed by atoms with E-state index in [4.69, 9.17) is 16.3 Å². The van der Waals surface area contributed by atoms with Crippen molar-refractivity contribution in [3.05, 3.63) is 23.0 Å². The molecule has 3 atom stereocenters. The predicted octanol–water partition coefficient (Wildman–Crippen LogP) is 4.57. The van der Waals surface area contributed by atoms with Crippen LogP contribution in [0.2, 0.25) is 5.02 Å². The molecule has 0 bridgehead atoms. The smallest absolute Gasteiger partial charge is 0.344 e. The third kappa shape index (κ3) is 4.39. The second kappa shape index (κ2) is 9.11. The van der Waals surface area contributed by atoms with Crippen molar-refractivity contribution in [2.24, 2.45) is 11.8 Å². The van der Waals surface area contributed by atoms with Crippen molar-refractivity contribution >= 4 is 35.1 Å². The first-order valence-corrected chi connectivity index (χ1v) is 10.5. The van der Waals surface area contributed by atoms with Gasteiger partial charge < -0.3 is 9.84 Å². The Morgan fingerprint density at radius 2 is 1.86 bits per heavy atom. The van der Waals surface area contributed by atoms with Crippen molar-refractivity contribution in [3.63, 3.8) is 0 Å². The molecule has 8 heteroatoms. The molecule has 3 unspecified atom stereocenters. The molecule has 29 heavy (non-hydrogen) atoms. The molecule has 6 nitrogen and oxygen atoms in total. The first-order chi connectivity index (χ1) is 13.8. The van der Waals surface area contributed by atoms with Crippen LogP contribution in [0.3, 0.4) is 0 Å². The molecule has 1 aromatic carbocycles. The van der Waals surface area contributed by atoms with Crippen molar-refractivity contribution in [1.29, 1.82) is 0 Å². The maximum absolute atomic E-state index is 14.6. The summed E-state index contributed by atoms with van der Waals surface area (Å²) >= 11 is 6.07. The van der Waals surface area contributed by atoms with Crippen molar-refractivity contribution in [3.8, 4) is 5.75 Å². The number of aliphatic carboxylic acids is 1. The van der Waals surface area contributed by atoms with Gasteiger partial charge in [-0.3, -0.25) is 9.59 Å². The Balaban J connectivity index is 1.88. The van der Waals surface area contributed by atoms with Gasteiger partial charge in [0, 0.05) is 6.07 Å². The fourth-order valence-corrected chi connectivity index (χ4v) is 4.34. The van der Waals surface area contributed by atoms with E-state index in [9.17, 15) is 23.9 Å². The van der Waals surface area contributed by atoms with Gasteiger partial charge in [0.2, 0.25) is 11.8 Å². The maximum atomic E-state index is 14.6. The number of imide groups is 1. The van der Waals surface area contributed by atoms with Crippen LogP contribution in [-0.2, 0) is 14.4 Å². The number of nitrogens with zero attached hydrogens (tertiary/aromatic N) is 1. The second-order valence-corrected chi connectivity index (χ2v) is 8.09. The average molecular weight is 426 g/mol. The van der Waals surface area contributed by atoms with E-state index >= 15 is 0 Å². The molecule has 158 valence electrons. The Bertz CT molecular complexity index is 791. The molecule has 1 aliphatic carbocycles. The van der Waals surface area contributed by atoms with Crippen LogP contribution < -0.4 is 9.64 Å². The third-order valence-corrected chi connectivity index (χ3v) is 5.99. The average Bonchev–Trinajstić information content (AvgIpc) is 2.94. The first kappa shape index (κ1) is 21.6. The van der Waals surface area contributed by atoms with Gasteiger partial charge in [-0.1, -0.05) is 44.2 Å². The Kier molecular flexibility index (Phi) is 6.77. The summed E-state index contributed by atoms with van der Waals surface area (Å²) in [5.74, 6) is -3.69. The Morgan fingerprint density at radius 3 is 2.41 bits per heavy atom. The molecule has 2 fully saturated rings. The summed E-state index contributed by atoms with van der Waals surface area (Å²) in [7, 11) is 0. The molecule has 0 radical (unpaired) electrons. The van der Waals surface area contributed by atoms with Crippen LogP contribution in [0, 0.1) is 17.7 Å². The summed E-state index contributed by atoms with van der Waals surface area (Å²) in [4.78, 5) is 38.0. The molecular weight excluding hydrogens is 401 g/mol. The number of ether oxygens (including phenoxy) is 1. The molecular formula is C21H25ClFNO5. The number of carboxylic acid groups (broad SMARTS) is 1. The summed E-state index contributed by atoms with van der Waals surface area (Å²) in [6.45, 7) is 2.00. The Hall–Kier alpha value is -2.15. The maximum Gasteiger partial charge on any atom is 0.344 e. The van der Waals surface area contributed by atoms with E-state index in [2.05, 4.69) is 0 Å². The summed E-state index contributed by atoms with van der Waals surface area (Å²) in [5, 5.41) is 9.32. The highest BCUT2D eigenvalue weighted by Crippen LogP contribution is 2.42. The zero-order valence-corrected chi connectivity index (χ0v) is 17.1. The quantitative estimate of drug-likeness (QED) is 0.487. The van der Waals surface area contributed by atoms with Gasteiger partial charge >= 0.3 is 5.97 Å². The van der Waals surface area contributed by atoms with E-state index in [0.717, 1.165) is 36.6 Å². The normalized spacial score (nSPS) is 22.5. The van der Waals surface area contributed by atoms with E-state index in [1.165, 1.54) is 6.07 Å². The topological polar surface area (TPSA) is 83.9 Å². The number of carboxylic acids is 1. The number of hydrogen-bond acceptors (Lipinski definition) is 4. The number of halogens is 2. The number of anilines is 1. The minimum absolute atomic E-state index is 0.0533. The van der Waals surface area contributed by atoms with Gasteiger partial charge in [0.15, 0.2) is 6.10 Å². The van der Waals surface area contributed by atoms with Crippen LogP contribution in [-0.4, -0.2) is 29.0 Å².